The Morgan fingerprint density at radius 1 is 1.23 bits per heavy atom. The summed E-state index contributed by atoms with van der Waals surface area (Å²) in [6, 6.07) is 0. The van der Waals surface area contributed by atoms with E-state index in [9.17, 15) is 13.6 Å². The summed E-state index contributed by atoms with van der Waals surface area (Å²) in [5, 5.41) is 33.2. The van der Waals surface area contributed by atoms with Gasteiger partial charge in [0.1, 0.15) is 12.2 Å². The molecule has 0 aromatic rings. The van der Waals surface area contributed by atoms with E-state index >= 15 is 0 Å². The molecule has 80 valence electrons. The van der Waals surface area contributed by atoms with Crippen molar-refractivity contribution in [2.24, 2.45) is 0 Å². The minimum atomic E-state index is -4.55. The normalized spacial score (nSPS) is 18.3. The summed E-state index contributed by atoms with van der Waals surface area (Å²) in [6.45, 7) is 0. The SMILES string of the molecule is Cl.O=C[C@H](O)[C@H](O)[C@H](O)C(O)(F)F. The highest BCUT2D eigenvalue weighted by atomic mass is 35.5. The Morgan fingerprint density at radius 2 is 1.62 bits per heavy atom. The second-order valence-corrected chi connectivity index (χ2v) is 2.15. The third kappa shape index (κ3) is 4.44. The molecule has 0 rings (SSSR count). The lowest BCUT2D eigenvalue weighted by molar-refractivity contribution is -0.283. The molecule has 0 amide bonds. The number of carbonyl (C=O) groups is 1. The number of carbonyl (C=O) groups excluding carboxylic acids is 1. The maximum atomic E-state index is 11.8. The average molecular weight is 223 g/mol. The topological polar surface area (TPSA) is 98.0 Å². The summed E-state index contributed by atoms with van der Waals surface area (Å²) in [4.78, 5) is 9.73. The minimum absolute atomic E-state index is 0. The van der Waals surface area contributed by atoms with E-state index in [4.69, 9.17) is 20.4 Å². The molecule has 8 heteroatoms. The van der Waals surface area contributed by atoms with Gasteiger partial charge in [0.2, 0.25) is 0 Å². The van der Waals surface area contributed by atoms with Gasteiger partial charge < -0.3 is 25.2 Å². The molecule has 0 bridgehead atoms. The van der Waals surface area contributed by atoms with Crippen molar-refractivity contribution in [3.63, 3.8) is 0 Å². The van der Waals surface area contributed by atoms with Gasteiger partial charge in [-0.05, 0) is 0 Å². The number of rotatable bonds is 4. The second-order valence-electron chi connectivity index (χ2n) is 2.15. The van der Waals surface area contributed by atoms with Crippen molar-refractivity contribution in [3.8, 4) is 0 Å². The molecular formula is C5H9ClF2O5. The van der Waals surface area contributed by atoms with E-state index in [2.05, 4.69) is 0 Å². The Labute approximate surface area is 78.0 Å². The van der Waals surface area contributed by atoms with Crippen LogP contribution in [0.2, 0.25) is 0 Å². The molecule has 0 aliphatic carbocycles. The van der Waals surface area contributed by atoms with Crippen LogP contribution >= 0.6 is 12.4 Å². The van der Waals surface area contributed by atoms with E-state index < -0.39 is 24.4 Å². The highest BCUT2D eigenvalue weighted by Crippen LogP contribution is 2.18. The van der Waals surface area contributed by atoms with Crippen LogP contribution in [0.3, 0.4) is 0 Å². The zero-order valence-corrected chi connectivity index (χ0v) is 6.99. The number of hydrogen-bond acceptors (Lipinski definition) is 5. The van der Waals surface area contributed by atoms with Crippen molar-refractivity contribution in [2.75, 3.05) is 0 Å². The molecule has 5 nitrogen and oxygen atoms in total. The molecule has 0 heterocycles. The molecule has 0 spiro atoms. The monoisotopic (exact) mass is 222 g/mol. The van der Waals surface area contributed by atoms with Crippen LogP contribution in [0.25, 0.3) is 0 Å². The van der Waals surface area contributed by atoms with Crippen molar-refractivity contribution >= 4 is 18.7 Å². The molecule has 0 aliphatic heterocycles. The van der Waals surface area contributed by atoms with Crippen molar-refractivity contribution in [2.45, 2.75) is 24.4 Å². The molecule has 0 aromatic carbocycles. The number of aliphatic hydroxyl groups is 4. The smallest absolute Gasteiger partial charge is 0.381 e. The van der Waals surface area contributed by atoms with Crippen LogP contribution < -0.4 is 0 Å². The first-order valence-corrected chi connectivity index (χ1v) is 2.90. The molecule has 0 saturated heterocycles. The fraction of sp³-hybridized carbons (Fsp3) is 0.800. The lowest BCUT2D eigenvalue weighted by atomic mass is 10.1. The Kier molecular flexibility index (Phi) is 6.30. The Balaban J connectivity index is 0. The first-order valence-electron chi connectivity index (χ1n) is 2.90. The molecule has 0 unspecified atom stereocenters. The van der Waals surface area contributed by atoms with Gasteiger partial charge >= 0.3 is 6.11 Å². The van der Waals surface area contributed by atoms with Crippen molar-refractivity contribution < 1.29 is 34.0 Å². The number of halogens is 3. The molecule has 13 heavy (non-hydrogen) atoms. The van der Waals surface area contributed by atoms with Gasteiger partial charge in [-0.2, -0.15) is 8.78 Å². The molecule has 0 aliphatic rings. The third-order valence-electron chi connectivity index (χ3n) is 1.17. The molecule has 0 aromatic heterocycles. The number of hydrogen-bond donors (Lipinski definition) is 4. The van der Waals surface area contributed by atoms with E-state index in [1.807, 2.05) is 0 Å². The molecule has 4 N–H and O–H groups in total. The summed E-state index contributed by atoms with van der Waals surface area (Å²) in [7, 11) is 0. The van der Waals surface area contributed by atoms with Crippen LogP contribution in [0, 0.1) is 0 Å². The van der Waals surface area contributed by atoms with Crippen LogP contribution in [-0.2, 0) is 4.79 Å². The standard InChI is InChI=1S/C5H8F2O5.ClH/c6-5(7,12)4(11)3(10)2(9)1-8;/h1-4,9-12H;1H/t2-,3-,4-;/m0./s1. The fourth-order valence-electron chi connectivity index (χ4n) is 0.473. The van der Waals surface area contributed by atoms with Crippen LogP contribution in [0.4, 0.5) is 8.78 Å². The molecule has 0 saturated carbocycles. The quantitative estimate of drug-likeness (QED) is 0.424. The van der Waals surface area contributed by atoms with E-state index in [-0.39, 0.29) is 18.7 Å². The Bertz CT molecular complexity index is 161. The van der Waals surface area contributed by atoms with Gasteiger partial charge in [0, 0.05) is 0 Å². The van der Waals surface area contributed by atoms with E-state index in [0.29, 0.717) is 0 Å². The fourth-order valence-corrected chi connectivity index (χ4v) is 0.473. The number of aldehydes is 1. The van der Waals surface area contributed by atoms with Crippen molar-refractivity contribution in [1.29, 1.82) is 0 Å². The lowest BCUT2D eigenvalue weighted by Crippen LogP contribution is -2.48. The molecule has 0 fully saturated rings. The lowest BCUT2D eigenvalue weighted by Gasteiger charge is -2.22. The second kappa shape index (κ2) is 5.40. The molecular weight excluding hydrogens is 213 g/mol. The number of alkyl halides is 2. The molecule has 0 radical (unpaired) electrons. The van der Waals surface area contributed by atoms with Crippen molar-refractivity contribution in [3.05, 3.63) is 0 Å². The van der Waals surface area contributed by atoms with Gasteiger partial charge in [-0.15, -0.1) is 12.4 Å². The molecule has 3 atom stereocenters. The summed E-state index contributed by atoms with van der Waals surface area (Å²) in [5.74, 6) is 0. The summed E-state index contributed by atoms with van der Waals surface area (Å²) in [5.41, 5.74) is 0. The third-order valence-corrected chi connectivity index (χ3v) is 1.17. The summed E-state index contributed by atoms with van der Waals surface area (Å²) in [6.07, 6.45) is -12.2. The van der Waals surface area contributed by atoms with Crippen molar-refractivity contribution in [1.82, 2.24) is 0 Å². The van der Waals surface area contributed by atoms with Gasteiger partial charge in [0.15, 0.2) is 12.4 Å². The average Bonchev–Trinajstić information content (AvgIpc) is 1.98. The summed E-state index contributed by atoms with van der Waals surface area (Å²) < 4.78 is 23.6. The Hall–Kier alpha value is -0.340. The first-order chi connectivity index (χ1) is 5.30. The van der Waals surface area contributed by atoms with Gasteiger partial charge in [0.25, 0.3) is 0 Å². The zero-order valence-electron chi connectivity index (χ0n) is 6.17. The van der Waals surface area contributed by atoms with Gasteiger partial charge in [-0.1, -0.05) is 0 Å². The zero-order chi connectivity index (χ0) is 9.94. The predicted molar refractivity (Wildman–Crippen MR) is 38.5 cm³/mol. The van der Waals surface area contributed by atoms with E-state index in [1.54, 1.807) is 0 Å². The van der Waals surface area contributed by atoms with Crippen LogP contribution in [0.5, 0.6) is 0 Å². The van der Waals surface area contributed by atoms with Crippen LogP contribution in [0.1, 0.15) is 0 Å². The first kappa shape index (κ1) is 15.1. The van der Waals surface area contributed by atoms with Gasteiger partial charge in [0.05, 0.1) is 0 Å². The highest BCUT2D eigenvalue weighted by molar-refractivity contribution is 5.85. The minimum Gasteiger partial charge on any atom is -0.387 e. The van der Waals surface area contributed by atoms with Gasteiger partial charge in [-0.3, -0.25) is 0 Å². The van der Waals surface area contributed by atoms with Crippen LogP contribution in [0.15, 0.2) is 0 Å². The maximum absolute atomic E-state index is 11.8. The summed E-state index contributed by atoms with van der Waals surface area (Å²) >= 11 is 0. The predicted octanol–water partition coefficient (Wildman–Crippen LogP) is -1.73. The highest BCUT2D eigenvalue weighted by Gasteiger charge is 2.43. The maximum Gasteiger partial charge on any atom is 0.381 e. The van der Waals surface area contributed by atoms with Gasteiger partial charge in [-0.25, -0.2) is 0 Å². The van der Waals surface area contributed by atoms with E-state index in [1.165, 1.54) is 0 Å². The van der Waals surface area contributed by atoms with Crippen LogP contribution in [-0.4, -0.2) is 51.1 Å². The van der Waals surface area contributed by atoms with E-state index in [0.717, 1.165) is 0 Å². The largest absolute Gasteiger partial charge is 0.387 e. The Morgan fingerprint density at radius 3 is 1.85 bits per heavy atom. The number of aliphatic hydroxyl groups excluding tert-OH is 3.